The third-order valence-electron chi connectivity index (χ3n) is 3.79. The lowest BCUT2D eigenvalue weighted by atomic mass is 10.1. The van der Waals surface area contributed by atoms with E-state index in [9.17, 15) is 4.79 Å². The summed E-state index contributed by atoms with van der Waals surface area (Å²) in [4.78, 5) is 16.9. The van der Waals surface area contributed by atoms with Crippen LogP contribution in [0.5, 0.6) is 5.75 Å². The van der Waals surface area contributed by atoms with Gasteiger partial charge >= 0.3 is 0 Å². The van der Waals surface area contributed by atoms with Crippen molar-refractivity contribution in [1.82, 2.24) is 9.55 Å². The molecule has 0 amide bonds. The first-order chi connectivity index (χ1) is 11.5. The molecule has 0 fully saturated rings. The van der Waals surface area contributed by atoms with Crippen molar-refractivity contribution in [3.05, 3.63) is 63.4 Å². The summed E-state index contributed by atoms with van der Waals surface area (Å²) >= 11 is 7.64. The molecule has 2 heterocycles. The molecule has 0 saturated heterocycles. The van der Waals surface area contributed by atoms with E-state index in [1.54, 1.807) is 12.3 Å². The highest BCUT2D eigenvalue weighted by atomic mass is 35.5. The second-order valence-electron chi connectivity index (χ2n) is 5.58. The van der Waals surface area contributed by atoms with Gasteiger partial charge in [-0.3, -0.25) is 9.36 Å². The van der Waals surface area contributed by atoms with Crippen LogP contribution in [-0.2, 0) is 0 Å². The van der Waals surface area contributed by atoms with Gasteiger partial charge in [-0.05, 0) is 44.5 Å². The fourth-order valence-corrected chi connectivity index (χ4v) is 3.53. The van der Waals surface area contributed by atoms with Gasteiger partial charge in [0.25, 0.3) is 0 Å². The van der Waals surface area contributed by atoms with Gasteiger partial charge in [0.15, 0.2) is 11.7 Å². The number of benzene rings is 1. The molecule has 24 heavy (non-hydrogen) atoms. The fraction of sp³-hybridized carbons (Fsp3) is 0.222. The summed E-state index contributed by atoms with van der Waals surface area (Å²) in [5, 5.41) is 3.27. The number of halogens is 1. The molecular formula is C18H17ClN2O2S. The molecule has 0 N–H and O–H groups in total. The second-order valence-corrected chi connectivity index (χ2v) is 6.86. The van der Waals surface area contributed by atoms with E-state index >= 15 is 0 Å². The predicted octanol–water partition coefficient (Wildman–Crippen LogP) is 4.77. The van der Waals surface area contributed by atoms with Crippen molar-refractivity contribution < 1.29 is 9.53 Å². The number of ketones is 1. The zero-order valence-electron chi connectivity index (χ0n) is 13.7. The zero-order valence-corrected chi connectivity index (χ0v) is 15.2. The lowest BCUT2D eigenvalue weighted by Crippen LogP contribution is -2.13. The Hall–Kier alpha value is -2.11. The highest BCUT2D eigenvalue weighted by molar-refractivity contribution is 7.12. The fourth-order valence-electron chi connectivity index (χ4n) is 2.61. The van der Waals surface area contributed by atoms with Gasteiger partial charge in [0.2, 0.25) is 5.78 Å². The second kappa shape index (κ2) is 6.79. The van der Waals surface area contributed by atoms with E-state index in [0.29, 0.717) is 16.3 Å². The minimum Gasteiger partial charge on any atom is -0.484 e. The van der Waals surface area contributed by atoms with Gasteiger partial charge in [0.1, 0.15) is 5.75 Å². The van der Waals surface area contributed by atoms with E-state index in [2.05, 4.69) is 4.98 Å². The van der Waals surface area contributed by atoms with Crippen LogP contribution in [-0.4, -0.2) is 21.9 Å². The SMILES string of the molecule is Cc1ccc(Cl)c(OCC(=O)c2cc(C)n(-c3nccs3)c2C)c1. The number of hydrogen-bond acceptors (Lipinski definition) is 4. The Bertz CT molecular complexity index is 885. The molecule has 0 bridgehead atoms. The largest absolute Gasteiger partial charge is 0.484 e. The first-order valence-corrected chi connectivity index (χ1v) is 8.74. The highest BCUT2D eigenvalue weighted by Gasteiger charge is 2.18. The number of rotatable bonds is 5. The zero-order chi connectivity index (χ0) is 17.3. The molecule has 1 aromatic carbocycles. The molecule has 4 nitrogen and oxygen atoms in total. The van der Waals surface area contributed by atoms with Crippen LogP contribution in [0.15, 0.2) is 35.8 Å². The average molecular weight is 361 g/mol. The Morgan fingerprint density at radius 3 is 2.79 bits per heavy atom. The average Bonchev–Trinajstić information content (AvgIpc) is 3.16. The number of Topliss-reactive ketones (excluding diaryl/α,β-unsaturated/α-hetero) is 1. The van der Waals surface area contributed by atoms with Gasteiger partial charge in [-0.2, -0.15) is 0 Å². The summed E-state index contributed by atoms with van der Waals surface area (Å²) in [6.45, 7) is 5.78. The van der Waals surface area contributed by atoms with Crippen LogP contribution in [0, 0.1) is 20.8 Å². The van der Waals surface area contributed by atoms with Crippen LogP contribution in [0.3, 0.4) is 0 Å². The Kier molecular flexibility index (Phi) is 4.73. The van der Waals surface area contributed by atoms with Crippen molar-refractivity contribution in [3.63, 3.8) is 0 Å². The molecule has 0 atom stereocenters. The Morgan fingerprint density at radius 1 is 1.29 bits per heavy atom. The van der Waals surface area contributed by atoms with Gasteiger partial charge in [0, 0.05) is 28.5 Å². The van der Waals surface area contributed by atoms with Crippen molar-refractivity contribution >= 4 is 28.7 Å². The number of carbonyl (C=O) groups excluding carboxylic acids is 1. The molecule has 0 saturated carbocycles. The van der Waals surface area contributed by atoms with Crippen molar-refractivity contribution in [2.45, 2.75) is 20.8 Å². The lowest BCUT2D eigenvalue weighted by Gasteiger charge is -2.09. The standard InChI is InChI=1S/C18H17ClN2O2S/c1-11-4-5-15(19)17(8-11)23-10-16(22)14-9-12(2)21(13(14)3)18-20-6-7-24-18/h4-9H,10H2,1-3H3. The number of aromatic nitrogens is 2. The van der Waals surface area contributed by atoms with E-state index in [4.69, 9.17) is 16.3 Å². The Balaban J connectivity index is 1.81. The number of hydrogen-bond donors (Lipinski definition) is 0. The van der Waals surface area contributed by atoms with Gasteiger partial charge in [-0.15, -0.1) is 11.3 Å². The summed E-state index contributed by atoms with van der Waals surface area (Å²) in [6, 6.07) is 7.37. The maximum Gasteiger partial charge on any atom is 0.202 e. The van der Waals surface area contributed by atoms with Crippen molar-refractivity contribution in [2.75, 3.05) is 6.61 Å². The minimum absolute atomic E-state index is 0.0503. The van der Waals surface area contributed by atoms with E-state index in [1.165, 1.54) is 11.3 Å². The molecule has 0 aliphatic rings. The van der Waals surface area contributed by atoms with Gasteiger partial charge < -0.3 is 4.74 Å². The number of ether oxygens (including phenoxy) is 1. The Morgan fingerprint density at radius 2 is 2.08 bits per heavy atom. The van der Waals surface area contributed by atoms with Crippen molar-refractivity contribution in [2.24, 2.45) is 0 Å². The third kappa shape index (κ3) is 3.23. The Labute approximate surface area is 149 Å². The van der Waals surface area contributed by atoms with Crippen molar-refractivity contribution in [1.29, 1.82) is 0 Å². The summed E-state index contributed by atoms with van der Waals surface area (Å²) in [5.74, 6) is 0.447. The maximum atomic E-state index is 12.6. The third-order valence-corrected chi connectivity index (χ3v) is 4.86. The normalized spacial score (nSPS) is 10.8. The van der Waals surface area contributed by atoms with Gasteiger partial charge in [-0.25, -0.2) is 4.98 Å². The van der Waals surface area contributed by atoms with E-state index in [0.717, 1.165) is 22.1 Å². The molecule has 0 aliphatic carbocycles. The van der Waals surface area contributed by atoms with Gasteiger partial charge in [0.05, 0.1) is 5.02 Å². The number of aryl methyl sites for hydroxylation is 2. The number of thiazole rings is 1. The first kappa shape index (κ1) is 16.7. The molecule has 0 aliphatic heterocycles. The van der Waals surface area contributed by atoms with Crippen LogP contribution >= 0.6 is 22.9 Å². The highest BCUT2D eigenvalue weighted by Crippen LogP contribution is 2.26. The van der Waals surface area contributed by atoms with Crippen LogP contribution in [0.1, 0.15) is 27.3 Å². The maximum absolute atomic E-state index is 12.6. The summed E-state index contributed by atoms with van der Waals surface area (Å²) in [7, 11) is 0. The molecule has 0 radical (unpaired) electrons. The summed E-state index contributed by atoms with van der Waals surface area (Å²) < 4.78 is 7.61. The van der Waals surface area contributed by atoms with Crippen molar-refractivity contribution in [3.8, 4) is 10.9 Å². The monoisotopic (exact) mass is 360 g/mol. The minimum atomic E-state index is -0.0801. The van der Waals surface area contributed by atoms with E-state index < -0.39 is 0 Å². The molecule has 2 aromatic heterocycles. The topological polar surface area (TPSA) is 44.1 Å². The van der Waals surface area contributed by atoms with Crippen LogP contribution in [0.25, 0.3) is 5.13 Å². The number of nitrogens with zero attached hydrogens (tertiary/aromatic N) is 2. The molecule has 0 spiro atoms. The molecule has 0 unspecified atom stereocenters. The molecule has 6 heteroatoms. The quantitative estimate of drug-likeness (QED) is 0.615. The summed E-state index contributed by atoms with van der Waals surface area (Å²) in [5.41, 5.74) is 3.51. The smallest absolute Gasteiger partial charge is 0.202 e. The molecular weight excluding hydrogens is 344 g/mol. The molecule has 124 valence electrons. The van der Waals surface area contributed by atoms with Crippen LogP contribution in [0.4, 0.5) is 0 Å². The predicted molar refractivity (Wildman–Crippen MR) is 96.9 cm³/mol. The molecule has 3 rings (SSSR count). The van der Waals surface area contributed by atoms with E-state index in [1.807, 2.05) is 48.9 Å². The van der Waals surface area contributed by atoms with Crippen LogP contribution < -0.4 is 4.74 Å². The summed E-state index contributed by atoms with van der Waals surface area (Å²) in [6.07, 6.45) is 1.75. The lowest BCUT2D eigenvalue weighted by molar-refractivity contribution is 0.0921. The first-order valence-electron chi connectivity index (χ1n) is 7.48. The molecule has 3 aromatic rings. The van der Waals surface area contributed by atoms with Gasteiger partial charge in [-0.1, -0.05) is 17.7 Å². The van der Waals surface area contributed by atoms with E-state index in [-0.39, 0.29) is 12.4 Å². The number of carbonyl (C=O) groups is 1. The van der Waals surface area contributed by atoms with Crippen LogP contribution in [0.2, 0.25) is 5.02 Å².